The van der Waals surface area contributed by atoms with Crippen molar-refractivity contribution in [3.63, 3.8) is 0 Å². The molecule has 1 saturated heterocycles. The van der Waals surface area contributed by atoms with E-state index in [-0.39, 0.29) is 0 Å². The van der Waals surface area contributed by atoms with Gasteiger partial charge in [0.2, 0.25) is 0 Å². The van der Waals surface area contributed by atoms with Gasteiger partial charge in [0, 0.05) is 17.7 Å². The summed E-state index contributed by atoms with van der Waals surface area (Å²) in [7, 11) is 2.17. The van der Waals surface area contributed by atoms with E-state index in [1.54, 1.807) is 0 Å². The number of ether oxygens (including phenoxy) is 1. The van der Waals surface area contributed by atoms with Crippen molar-refractivity contribution in [1.29, 1.82) is 0 Å². The van der Waals surface area contributed by atoms with E-state index in [0.29, 0.717) is 11.5 Å². The third kappa shape index (κ3) is 4.62. The van der Waals surface area contributed by atoms with Crippen LogP contribution in [0.15, 0.2) is 42.5 Å². The van der Waals surface area contributed by atoms with Gasteiger partial charge in [-0.05, 0) is 76.6 Å². The van der Waals surface area contributed by atoms with Crippen molar-refractivity contribution in [2.45, 2.75) is 31.6 Å². The van der Waals surface area contributed by atoms with Crippen molar-refractivity contribution in [1.82, 2.24) is 9.80 Å². The number of hydrogen-bond acceptors (Lipinski definition) is 4. The van der Waals surface area contributed by atoms with Gasteiger partial charge in [0.05, 0.1) is 0 Å². The number of fused-ring (bicyclic) bond motifs is 2. The summed E-state index contributed by atoms with van der Waals surface area (Å²) >= 11 is 0. The smallest absolute Gasteiger partial charge is 0.315 e. The number of carbonyl (C=O) groups is 1. The molecule has 2 aliphatic heterocycles. The van der Waals surface area contributed by atoms with Gasteiger partial charge in [-0.2, -0.15) is 0 Å². The van der Waals surface area contributed by atoms with E-state index in [2.05, 4.69) is 22.9 Å². The minimum absolute atomic E-state index is 0.637. The number of rotatable bonds is 8. The highest BCUT2D eigenvalue weighted by atomic mass is 16.5. The molecule has 29 heavy (non-hydrogen) atoms. The summed E-state index contributed by atoms with van der Waals surface area (Å²) in [4.78, 5) is 16.9. The summed E-state index contributed by atoms with van der Waals surface area (Å²) in [6.45, 7) is 5.77. The molecule has 0 saturated carbocycles. The molecule has 2 aromatic carbocycles. The topological polar surface area (TPSA) is 53.0 Å². The Kier molecular flexibility index (Phi) is 6.16. The molecule has 154 valence electrons. The average molecular weight is 395 g/mol. The lowest BCUT2D eigenvalue weighted by atomic mass is 9.87. The number of carboxylic acids is 1. The largest absolute Gasteiger partial charge is 0.481 e. The van der Waals surface area contributed by atoms with Gasteiger partial charge >= 0.3 is 5.97 Å². The summed E-state index contributed by atoms with van der Waals surface area (Å²) in [6, 6.07) is 13.4. The van der Waals surface area contributed by atoms with Crippen molar-refractivity contribution in [3.8, 4) is 11.5 Å². The number of benzene rings is 2. The molecule has 0 aliphatic carbocycles. The summed E-state index contributed by atoms with van der Waals surface area (Å²) in [5.74, 6) is -0.219. The van der Waals surface area contributed by atoms with Crippen LogP contribution in [0.5, 0.6) is 11.5 Å². The van der Waals surface area contributed by atoms with E-state index in [1.807, 2.05) is 36.4 Å². The van der Waals surface area contributed by atoms with Crippen LogP contribution in [0.25, 0.3) is 0 Å². The fourth-order valence-corrected chi connectivity index (χ4v) is 4.44. The van der Waals surface area contributed by atoms with E-state index in [4.69, 9.17) is 4.74 Å². The number of hydrogen-bond donors (Lipinski definition) is 1. The van der Waals surface area contributed by atoms with Gasteiger partial charge < -0.3 is 19.6 Å². The molecule has 0 aromatic heterocycles. The fraction of sp³-hybridized carbons (Fsp3) is 0.458. The first-order valence-electron chi connectivity index (χ1n) is 10.6. The summed E-state index contributed by atoms with van der Waals surface area (Å²) in [5, 5.41) is 9.86. The second kappa shape index (κ2) is 8.97. The second-order valence-corrected chi connectivity index (χ2v) is 8.24. The first-order chi connectivity index (χ1) is 14.1. The number of carboxylic acid groups (broad SMARTS) is 1. The third-order valence-electron chi connectivity index (χ3n) is 6.08. The average Bonchev–Trinajstić information content (AvgIpc) is 3.23. The number of aliphatic carboxylic acids is 1. The SMILES string of the molecule is CN(CCCN1CCCC1)CCc1ccc2c(c1)C(C(=O)O)c1ccccc1O2. The van der Waals surface area contributed by atoms with Gasteiger partial charge in [-0.1, -0.05) is 30.3 Å². The van der Waals surface area contributed by atoms with Crippen LogP contribution in [0, 0.1) is 0 Å². The number of nitrogens with zero attached hydrogens (tertiary/aromatic N) is 2. The zero-order valence-corrected chi connectivity index (χ0v) is 17.1. The van der Waals surface area contributed by atoms with Crippen LogP contribution in [-0.2, 0) is 11.2 Å². The highest BCUT2D eigenvalue weighted by Crippen LogP contribution is 2.44. The Morgan fingerprint density at radius 3 is 2.66 bits per heavy atom. The van der Waals surface area contributed by atoms with Crippen molar-refractivity contribution in [2.75, 3.05) is 39.8 Å². The molecule has 0 bridgehead atoms. The first-order valence-corrected chi connectivity index (χ1v) is 10.6. The first kappa shape index (κ1) is 19.9. The van der Waals surface area contributed by atoms with Crippen LogP contribution in [0.2, 0.25) is 0 Å². The Labute approximate surface area is 172 Å². The molecule has 5 heteroatoms. The number of para-hydroxylation sites is 1. The molecule has 2 aliphatic rings. The maximum atomic E-state index is 12.0. The van der Waals surface area contributed by atoms with Gasteiger partial charge in [-0.25, -0.2) is 0 Å². The van der Waals surface area contributed by atoms with Crippen LogP contribution in [-0.4, -0.2) is 60.6 Å². The molecule has 1 N–H and O–H groups in total. The van der Waals surface area contributed by atoms with Gasteiger partial charge in [-0.3, -0.25) is 4.79 Å². The van der Waals surface area contributed by atoms with Gasteiger partial charge in [0.25, 0.3) is 0 Å². The highest BCUT2D eigenvalue weighted by Gasteiger charge is 2.32. The lowest BCUT2D eigenvalue weighted by molar-refractivity contribution is -0.137. The van der Waals surface area contributed by atoms with E-state index in [9.17, 15) is 9.90 Å². The van der Waals surface area contributed by atoms with E-state index < -0.39 is 11.9 Å². The van der Waals surface area contributed by atoms with Crippen LogP contribution < -0.4 is 4.74 Å². The predicted molar refractivity (Wildman–Crippen MR) is 114 cm³/mol. The maximum absolute atomic E-state index is 12.0. The van der Waals surface area contributed by atoms with E-state index in [1.165, 1.54) is 38.9 Å². The maximum Gasteiger partial charge on any atom is 0.315 e. The Balaban J connectivity index is 1.38. The Hall–Kier alpha value is -2.37. The van der Waals surface area contributed by atoms with Crippen molar-refractivity contribution >= 4 is 5.97 Å². The molecule has 5 nitrogen and oxygen atoms in total. The number of likely N-dealkylation sites (tertiary alicyclic amines) is 1. The highest BCUT2D eigenvalue weighted by molar-refractivity contribution is 5.84. The molecule has 4 rings (SSSR count). The standard InChI is InChI=1S/C24H30N2O3/c1-25(12-6-15-26-13-4-5-14-26)16-11-18-9-10-22-20(17-18)23(24(27)28)19-7-2-3-8-21(19)29-22/h2-3,7-10,17,23H,4-6,11-16H2,1H3,(H,27,28). The van der Waals surface area contributed by atoms with E-state index >= 15 is 0 Å². The Morgan fingerprint density at radius 2 is 1.86 bits per heavy atom. The monoisotopic (exact) mass is 394 g/mol. The van der Waals surface area contributed by atoms with Gasteiger partial charge in [-0.15, -0.1) is 0 Å². The molecule has 1 atom stereocenters. The predicted octanol–water partition coefficient (Wildman–Crippen LogP) is 3.97. The molecule has 2 aromatic rings. The summed E-state index contributed by atoms with van der Waals surface area (Å²) in [5.41, 5.74) is 2.64. The Morgan fingerprint density at radius 1 is 1.10 bits per heavy atom. The van der Waals surface area contributed by atoms with Crippen LogP contribution in [0.1, 0.15) is 41.9 Å². The van der Waals surface area contributed by atoms with Crippen LogP contribution in [0.3, 0.4) is 0 Å². The van der Waals surface area contributed by atoms with Crippen molar-refractivity contribution in [3.05, 3.63) is 59.2 Å². The third-order valence-corrected chi connectivity index (χ3v) is 6.08. The molecule has 1 unspecified atom stereocenters. The lowest BCUT2D eigenvalue weighted by Crippen LogP contribution is -2.27. The number of likely N-dealkylation sites (N-methyl/N-ethyl adjacent to an activating group) is 1. The summed E-state index contributed by atoms with van der Waals surface area (Å²) < 4.78 is 5.96. The van der Waals surface area contributed by atoms with E-state index in [0.717, 1.165) is 36.2 Å². The second-order valence-electron chi connectivity index (χ2n) is 8.24. The zero-order valence-electron chi connectivity index (χ0n) is 17.1. The molecule has 1 fully saturated rings. The molecule has 0 radical (unpaired) electrons. The Bertz CT molecular complexity index is 861. The molecular weight excluding hydrogens is 364 g/mol. The minimum atomic E-state index is -0.835. The lowest BCUT2D eigenvalue weighted by Gasteiger charge is -2.26. The van der Waals surface area contributed by atoms with Gasteiger partial charge in [0.15, 0.2) is 0 Å². The quantitative estimate of drug-likeness (QED) is 0.734. The molecular formula is C24H30N2O3. The van der Waals surface area contributed by atoms with Crippen LogP contribution in [0.4, 0.5) is 0 Å². The fourth-order valence-electron chi connectivity index (χ4n) is 4.44. The summed E-state index contributed by atoms with van der Waals surface area (Å²) in [6.07, 6.45) is 4.80. The normalized spacial score (nSPS) is 18.3. The van der Waals surface area contributed by atoms with Gasteiger partial charge in [0.1, 0.15) is 17.4 Å². The van der Waals surface area contributed by atoms with Crippen molar-refractivity contribution in [2.24, 2.45) is 0 Å². The van der Waals surface area contributed by atoms with Crippen molar-refractivity contribution < 1.29 is 14.6 Å². The molecule has 0 spiro atoms. The minimum Gasteiger partial charge on any atom is -0.481 e. The molecule has 2 heterocycles. The molecule has 0 amide bonds. The van der Waals surface area contributed by atoms with Crippen LogP contribution >= 0.6 is 0 Å². The zero-order chi connectivity index (χ0) is 20.2.